The minimum Gasteiger partial charge on any atom is -0.366 e. The zero-order valence-corrected chi connectivity index (χ0v) is 19.6. The van der Waals surface area contributed by atoms with Gasteiger partial charge in [-0.2, -0.15) is 0 Å². The minimum atomic E-state index is -0.523. The average molecular weight is 488 g/mol. The molecular formula is C26H21N3O3S2. The van der Waals surface area contributed by atoms with Crippen LogP contribution in [0.2, 0.25) is 0 Å². The molecule has 1 unspecified atom stereocenters. The smallest absolute Gasteiger partial charge is 0.265 e. The molecule has 4 rings (SSSR count). The second-order valence-electron chi connectivity index (χ2n) is 7.30. The Morgan fingerprint density at radius 1 is 0.765 bits per heavy atom. The van der Waals surface area contributed by atoms with E-state index >= 15 is 0 Å². The van der Waals surface area contributed by atoms with Gasteiger partial charge >= 0.3 is 0 Å². The van der Waals surface area contributed by atoms with Crippen LogP contribution in [-0.2, 0) is 4.79 Å². The number of rotatable bonds is 8. The van der Waals surface area contributed by atoms with E-state index in [1.54, 1.807) is 30.3 Å². The van der Waals surface area contributed by atoms with Gasteiger partial charge in [0, 0.05) is 21.8 Å². The molecule has 0 spiro atoms. The van der Waals surface area contributed by atoms with Crippen molar-refractivity contribution in [2.24, 2.45) is 5.73 Å². The quantitative estimate of drug-likeness (QED) is 0.283. The molecule has 1 heterocycles. The largest absolute Gasteiger partial charge is 0.366 e. The monoisotopic (exact) mass is 487 g/mol. The molecule has 0 aliphatic rings. The molecule has 6 nitrogen and oxygen atoms in total. The molecule has 0 fully saturated rings. The van der Waals surface area contributed by atoms with Gasteiger partial charge in [-0.05, 0) is 65.5 Å². The summed E-state index contributed by atoms with van der Waals surface area (Å²) in [5.74, 6) is -0.872. The van der Waals surface area contributed by atoms with Crippen LogP contribution in [0.4, 0.5) is 11.4 Å². The Kier molecular flexibility index (Phi) is 7.41. The third-order valence-corrected chi connectivity index (χ3v) is 7.02. The standard InChI is InChI=1S/C26H21N3O3S2/c27-24(30)18-8-10-19(11-9-18)29-26(32)23(17-5-2-1-3-6-17)34-21-14-12-20(13-15-21)28-25(31)22-7-4-16-33-22/h1-16,23H,(H2,27,30)(H,28,31)(H,29,32). The first-order chi connectivity index (χ1) is 16.5. The van der Waals surface area contributed by atoms with Crippen LogP contribution in [0.3, 0.4) is 0 Å². The Hall–Kier alpha value is -3.88. The summed E-state index contributed by atoms with van der Waals surface area (Å²) in [7, 11) is 0. The molecule has 8 heteroatoms. The van der Waals surface area contributed by atoms with E-state index in [1.807, 2.05) is 66.0 Å². The fourth-order valence-electron chi connectivity index (χ4n) is 3.18. The Morgan fingerprint density at radius 2 is 1.41 bits per heavy atom. The summed E-state index contributed by atoms with van der Waals surface area (Å²) in [5, 5.41) is 7.13. The number of anilines is 2. The van der Waals surface area contributed by atoms with Gasteiger partial charge in [-0.1, -0.05) is 36.4 Å². The fraction of sp³-hybridized carbons (Fsp3) is 0.0385. The zero-order chi connectivity index (χ0) is 23.9. The van der Waals surface area contributed by atoms with Gasteiger partial charge in [0.2, 0.25) is 11.8 Å². The summed E-state index contributed by atoms with van der Waals surface area (Å²) < 4.78 is 0. The SMILES string of the molecule is NC(=O)c1ccc(NC(=O)C(Sc2ccc(NC(=O)c3cccs3)cc2)c2ccccc2)cc1. The minimum absolute atomic E-state index is 0.153. The highest BCUT2D eigenvalue weighted by atomic mass is 32.2. The molecule has 0 saturated carbocycles. The summed E-state index contributed by atoms with van der Waals surface area (Å²) in [6, 6.07) is 26.9. The molecule has 0 bridgehead atoms. The number of hydrogen-bond donors (Lipinski definition) is 3. The zero-order valence-electron chi connectivity index (χ0n) is 17.9. The maximum Gasteiger partial charge on any atom is 0.265 e. The number of nitrogens with one attached hydrogen (secondary N) is 2. The second kappa shape index (κ2) is 10.8. The predicted octanol–water partition coefficient (Wildman–Crippen LogP) is 5.57. The highest BCUT2D eigenvalue weighted by molar-refractivity contribution is 8.00. The summed E-state index contributed by atoms with van der Waals surface area (Å²) in [6.45, 7) is 0. The first-order valence-corrected chi connectivity index (χ1v) is 12.1. The van der Waals surface area contributed by atoms with Crippen molar-refractivity contribution in [3.63, 3.8) is 0 Å². The van der Waals surface area contributed by atoms with Gasteiger partial charge in [-0.25, -0.2) is 0 Å². The third-order valence-electron chi connectivity index (χ3n) is 4.89. The van der Waals surface area contributed by atoms with E-state index in [0.717, 1.165) is 10.5 Å². The molecule has 4 aromatic rings. The first kappa shape index (κ1) is 23.3. The van der Waals surface area contributed by atoms with E-state index in [-0.39, 0.29) is 11.8 Å². The van der Waals surface area contributed by atoms with Crippen molar-refractivity contribution in [2.75, 3.05) is 10.6 Å². The molecule has 1 atom stereocenters. The van der Waals surface area contributed by atoms with Crippen molar-refractivity contribution in [2.45, 2.75) is 10.1 Å². The lowest BCUT2D eigenvalue weighted by Gasteiger charge is -2.17. The van der Waals surface area contributed by atoms with E-state index in [4.69, 9.17) is 5.73 Å². The number of benzene rings is 3. The number of amides is 3. The third kappa shape index (κ3) is 5.92. The van der Waals surface area contributed by atoms with Crippen molar-refractivity contribution < 1.29 is 14.4 Å². The van der Waals surface area contributed by atoms with Crippen LogP contribution in [0.1, 0.15) is 30.8 Å². The fourth-order valence-corrected chi connectivity index (χ4v) is 4.82. The van der Waals surface area contributed by atoms with Gasteiger partial charge in [0.05, 0.1) is 4.88 Å². The van der Waals surface area contributed by atoms with Crippen molar-refractivity contribution in [3.05, 3.63) is 112 Å². The molecule has 4 N–H and O–H groups in total. The van der Waals surface area contributed by atoms with Crippen LogP contribution in [0.5, 0.6) is 0 Å². The lowest BCUT2D eigenvalue weighted by atomic mass is 10.1. The van der Waals surface area contributed by atoms with Gasteiger partial charge in [-0.15, -0.1) is 23.1 Å². The molecule has 0 saturated heterocycles. The highest BCUT2D eigenvalue weighted by Gasteiger charge is 2.22. The summed E-state index contributed by atoms with van der Waals surface area (Å²) in [6.07, 6.45) is 0. The molecule has 34 heavy (non-hydrogen) atoms. The topological polar surface area (TPSA) is 101 Å². The number of thiophene rings is 1. The Labute approximate surface area is 205 Å². The Balaban J connectivity index is 1.48. The van der Waals surface area contributed by atoms with Gasteiger partial charge < -0.3 is 16.4 Å². The van der Waals surface area contributed by atoms with Crippen LogP contribution in [0.15, 0.2) is 101 Å². The summed E-state index contributed by atoms with van der Waals surface area (Å²) in [4.78, 5) is 38.3. The van der Waals surface area contributed by atoms with Gasteiger partial charge in [0.1, 0.15) is 5.25 Å². The molecular weight excluding hydrogens is 466 g/mol. The Morgan fingerprint density at radius 3 is 2.03 bits per heavy atom. The van der Waals surface area contributed by atoms with E-state index in [2.05, 4.69) is 10.6 Å². The number of carbonyl (C=O) groups is 3. The molecule has 3 amide bonds. The maximum atomic E-state index is 13.2. The first-order valence-electron chi connectivity index (χ1n) is 10.4. The highest BCUT2D eigenvalue weighted by Crippen LogP contribution is 2.36. The normalized spacial score (nSPS) is 11.4. The number of nitrogens with two attached hydrogens (primary N) is 1. The molecule has 170 valence electrons. The van der Waals surface area contributed by atoms with E-state index in [0.29, 0.717) is 21.8 Å². The summed E-state index contributed by atoms with van der Waals surface area (Å²) in [5.41, 5.74) is 7.76. The van der Waals surface area contributed by atoms with E-state index < -0.39 is 11.2 Å². The molecule has 0 aliphatic carbocycles. The number of thioether (sulfide) groups is 1. The van der Waals surface area contributed by atoms with Crippen LogP contribution < -0.4 is 16.4 Å². The number of primary amides is 1. The van der Waals surface area contributed by atoms with Crippen molar-refractivity contribution in [1.29, 1.82) is 0 Å². The van der Waals surface area contributed by atoms with E-state index in [9.17, 15) is 14.4 Å². The second-order valence-corrected chi connectivity index (χ2v) is 9.42. The average Bonchev–Trinajstić information content (AvgIpc) is 3.40. The van der Waals surface area contributed by atoms with Crippen LogP contribution in [-0.4, -0.2) is 17.7 Å². The molecule has 0 radical (unpaired) electrons. The molecule has 3 aromatic carbocycles. The molecule has 0 aliphatic heterocycles. The van der Waals surface area contributed by atoms with Crippen LogP contribution >= 0.6 is 23.1 Å². The Bertz CT molecular complexity index is 1270. The maximum absolute atomic E-state index is 13.2. The number of carbonyl (C=O) groups excluding carboxylic acids is 3. The van der Waals surface area contributed by atoms with Crippen LogP contribution in [0.25, 0.3) is 0 Å². The molecule has 1 aromatic heterocycles. The van der Waals surface area contributed by atoms with Crippen molar-refractivity contribution >= 4 is 52.2 Å². The van der Waals surface area contributed by atoms with E-state index in [1.165, 1.54) is 23.1 Å². The lowest BCUT2D eigenvalue weighted by Crippen LogP contribution is -2.19. The van der Waals surface area contributed by atoms with Gasteiger partial charge in [-0.3, -0.25) is 14.4 Å². The predicted molar refractivity (Wildman–Crippen MR) is 137 cm³/mol. The number of hydrogen-bond acceptors (Lipinski definition) is 5. The summed E-state index contributed by atoms with van der Waals surface area (Å²) >= 11 is 2.79. The van der Waals surface area contributed by atoms with Crippen molar-refractivity contribution in [1.82, 2.24) is 0 Å². The van der Waals surface area contributed by atoms with Gasteiger partial charge in [0.15, 0.2) is 0 Å². The van der Waals surface area contributed by atoms with Gasteiger partial charge in [0.25, 0.3) is 5.91 Å². The van der Waals surface area contributed by atoms with Crippen molar-refractivity contribution in [3.8, 4) is 0 Å². The van der Waals surface area contributed by atoms with Crippen LogP contribution in [0, 0.1) is 0 Å². The lowest BCUT2D eigenvalue weighted by molar-refractivity contribution is -0.115.